The predicted molar refractivity (Wildman–Crippen MR) is 108 cm³/mol. The number of halogens is 4. The zero-order valence-corrected chi connectivity index (χ0v) is 17.2. The number of pyridine rings is 1. The molecule has 0 aliphatic rings. The van der Waals surface area contributed by atoms with Crippen molar-refractivity contribution < 1.29 is 9.53 Å². The Bertz CT molecular complexity index is 947. The molecule has 1 heterocycles. The summed E-state index contributed by atoms with van der Waals surface area (Å²) in [5, 5.41) is 4.47. The van der Waals surface area contributed by atoms with Gasteiger partial charge in [0.15, 0.2) is 12.4 Å². The third-order valence-corrected chi connectivity index (χ3v) is 4.93. The van der Waals surface area contributed by atoms with E-state index >= 15 is 0 Å². The molecular formula is C17H10Br2Cl2N2O2. The summed E-state index contributed by atoms with van der Waals surface area (Å²) in [4.78, 5) is 16.5. The maximum Gasteiger partial charge on any atom is 0.262 e. The van der Waals surface area contributed by atoms with Gasteiger partial charge in [-0.05, 0) is 46.3 Å². The number of carbonyl (C=O) groups is 1. The van der Waals surface area contributed by atoms with Crippen LogP contribution in [0.4, 0.5) is 5.69 Å². The van der Waals surface area contributed by atoms with Crippen molar-refractivity contribution in [2.45, 2.75) is 0 Å². The molecule has 1 N–H and O–H groups in total. The number of hydrogen-bond acceptors (Lipinski definition) is 3. The fraction of sp³-hybridized carbons (Fsp3) is 0.0588. The molecule has 2 aromatic carbocycles. The standard InChI is InChI=1S/C17H10Br2Cl2N2O2/c18-13-7-14(19)17(16-12(13)2-1-3-22-16)25-8-15(24)23-11-5-9(20)4-10(21)6-11/h1-7H,8H2,(H,23,24). The highest BCUT2D eigenvalue weighted by Gasteiger charge is 2.14. The average Bonchev–Trinajstić information content (AvgIpc) is 2.53. The molecule has 3 rings (SSSR count). The fourth-order valence-corrected chi connectivity index (χ4v) is 4.16. The molecule has 3 aromatic rings. The van der Waals surface area contributed by atoms with Gasteiger partial charge in [0.1, 0.15) is 5.52 Å². The first-order valence-corrected chi connectivity index (χ1v) is 9.39. The van der Waals surface area contributed by atoms with Gasteiger partial charge < -0.3 is 10.1 Å². The van der Waals surface area contributed by atoms with Gasteiger partial charge in [0, 0.05) is 31.8 Å². The number of amides is 1. The third kappa shape index (κ3) is 4.44. The number of hydrogen-bond donors (Lipinski definition) is 1. The van der Waals surface area contributed by atoms with Crippen LogP contribution in [0.1, 0.15) is 0 Å². The van der Waals surface area contributed by atoms with Crippen LogP contribution in [0.5, 0.6) is 5.75 Å². The number of fused-ring (bicyclic) bond motifs is 1. The molecule has 0 aliphatic carbocycles. The van der Waals surface area contributed by atoms with E-state index in [-0.39, 0.29) is 12.5 Å². The van der Waals surface area contributed by atoms with Crippen LogP contribution in [-0.2, 0) is 4.79 Å². The van der Waals surface area contributed by atoms with Crippen molar-refractivity contribution in [2.75, 3.05) is 11.9 Å². The predicted octanol–water partition coefficient (Wildman–Crippen LogP) is 6.08. The van der Waals surface area contributed by atoms with Crippen molar-refractivity contribution >= 4 is 77.6 Å². The normalized spacial score (nSPS) is 10.7. The van der Waals surface area contributed by atoms with Crippen LogP contribution >= 0.6 is 55.1 Å². The van der Waals surface area contributed by atoms with Gasteiger partial charge >= 0.3 is 0 Å². The summed E-state index contributed by atoms with van der Waals surface area (Å²) >= 11 is 18.8. The highest BCUT2D eigenvalue weighted by molar-refractivity contribution is 9.11. The van der Waals surface area contributed by atoms with Gasteiger partial charge in [-0.15, -0.1) is 0 Å². The van der Waals surface area contributed by atoms with E-state index in [1.165, 1.54) is 0 Å². The summed E-state index contributed by atoms with van der Waals surface area (Å²) in [7, 11) is 0. The second-order valence-corrected chi connectivity index (χ2v) is 7.65. The molecule has 128 valence electrons. The van der Waals surface area contributed by atoms with E-state index in [9.17, 15) is 4.79 Å². The molecule has 8 heteroatoms. The Morgan fingerprint density at radius 3 is 2.56 bits per heavy atom. The molecule has 25 heavy (non-hydrogen) atoms. The number of carbonyl (C=O) groups excluding carboxylic acids is 1. The van der Waals surface area contributed by atoms with Gasteiger partial charge in [0.2, 0.25) is 0 Å². The number of rotatable bonds is 4. The number of ether oxygens (including phenoxy) is 1. The number of anilines is 1. The van der Waals surface area contributed by atoms with Crippen LogP contribution in [-0.4, -0.2) is 17.5 Å². The van der Waals surface area contributed by atoms with Crippen molar-refractivity contribution in [3.05, 3.63) is 61.6 Å². The molecule has 0 bridgehead atoms. The van der Waals surface area contributed by atoms with Gasteiger partial charge in [0.25, 0.3) is 5.91 Å². The number of aromatic nitrogens is 1. The maximum atomic E-state index is 12.2. The summed E-state index contributed by atoms with van der Waals surface area (Å²) in [5.74, 6) is 0.162. The van der Waals surface area contributed by atoms with E-state index in [0.29, 0.717) is 31.5 Å². The van der Waals surface area contributed by atoms with Crippen molar-refractivity contribution in [3.8, 4) is 5.75 Å². The molecule has 1 amide bonds. The van der Waals surface area contributed by atoms with Crippen LogP contribution in [0.15, 0.2) is 51.5 Å². The number of benzene rings is 2. The Balaban J connectivity index is 1.77. The lowest BCUT2D eigenvalue weighted by Crippen LogP contribution is -2.20. The highest BCUT2D eigenvalue weighted by Crippen LogP contribution is 2.37. The Labute approximate surface area is 170 Å². The lowest BCUT2D eigenvalue weighted by atomic mass is 10.2. The summed E-state index contributed by atoms with van der Waals surface area (Å²) in [6.45, 7) is -0.184. The third-order valence-electron chi connectivity index (χ3n) is 3.24. The molecule has 0 saturated heterocycles. The van der Waals surface area contributed by atoms with Crippen molar-refractivity contribution in [1.29, 1.82) is 0 Å². The molecular weight excluding hydrogens is 495 g/mol. The summed E-state index contributed by atoms with van der Waals surface area (Å²) < 4.78 is 7.27. The van der Waals surface area contributed by atoms with Crippen molar-refractivity contribution in [3.63, 3.8) is 0 Å². The Morgan fingerprint density at radius 1 is 1.12 bits per heavy atom. The molecule has 0 fully saturated rings. The minimum atomic E-state index is -0.336. The van der Waals surface area contributed by atoms with E-state index in [1.54, 1.807) is 24.4 Å². The molecule has 0 unspecified atom stereocenters. The fourth-order valence-electron chi connectivity index (χ4n) is 2.24. The second kappa shape index (κ2) is 7.91. The van der Waals surface area contributed by atoms with E-state index in [0.717, 1.165) is 9.86 Å². The largest absolute Gasteiger partial charge is 0.480 e. The zero-order chi connectivity index (χ0) is 18.0. The quantitative estimate of drug-likeness (QED) is 0.468. The molecule has 0 spiro atoms. The van der Waals surface area contributed by atoms with E-state index in [4.69, 9.17) is 27.9 Å². The van der Waals surface area contributed by atoms with Gasteiger partial charge in [-0.1, -0.05) is 45.2 Å². The van der Waals surface area contributed by atoms with Crippen LogP contribution in [0, 0.1) is 0 Å². The van der Waals surface area contributed by atoms with Crippen LogP contribution in [0.3, 0.4) is 0 Å². The topological polar surface area (TPSA) is 51.2 Å². The van der Waals surface area contributed by atoms with Crippen LogP contribution in [0.2, 0.25) is 10.0 Å². The van der Waals surface area contributed by atoms with E-state index < -0.39 is 0 Å². The van der Waals surface area contributed by atoms with Gasteiger partial charge in [0.05, 0.1) is 4.47 Å². The molecule has 0 radical (unpaired) electrons. The first-order valence-electron chi connectivity index (χ1n) is 7.05. The van der Waals surface area contributed by atoms with Gasteiger partial charge in [-0.3, -0.25) is 9.78 Å². The Kier molecular flexibility index (Phi) is 5.84. The molecule has 0 saturated carbocycles. The first kappa shape index (κ1) is 18.5. The molecule has 1 aromatic heterocycles. The van der Waals surface area contributed by atoms with Crippen molar-refractivity contribution in [1.82, 2.24) is 4.98 Å². The zero-order valence-electron chi connectivity index (χ0n) is 12.5. The van der Waals surface area contributed by atoms with E-state index in [1.807, 2.05) is 18.2 Å². The lowest BCUT2D eigenvalue weighted by molar-refractivity contribution is -0.118. The molecule has 0 aliphatic heterocycles. The van der Waals surface area contributed by atoms with Crippen LogP contribution in [0.25, 0.3) is 10.9 Å². The summed E-state index contributed by atoms with van der Waals surface area (Å²) in [6.07, 6.45) is 1.67. The average molecular weight is 505 g/mol. The molecule has 4 nitrogen and oxygen atoms in total. The Morgan fingerprint density at radius 2 is 1.84 bits per heavy atom. The van der Waals surface area contributed by atoms with Gasteiger partial charge in [-0.2, -0.15) is 0 Å². The minimum Gasteiger partial charge on any atom is -0.480 e. The molecule has 0 atom stereocenters. The SMILES string of the molecule is O=C(COc1c(Br)cc(Br)c2cccnc12)Nc1cc(Cl)cc(Cl)c1. The van der Waals surface area contributed by atoms with Gasteiger partial charge in [-0.25, -0.2) is 0 Å². The van der Waals surface area contributed by atoms with Crippen molar-refractivity contribution in [2.24, 2.45) is 0 Å². The first-order chi connectivity index (χ1) is 11.9. The number of nitrogens with zero attached hydrogens (tertiary/aromatic N) is 1. The minimum absolute atomic E-state index is 0.184. The highest BCUT2D eigenvalue weighted by atomic mass is 79.9. The lowest BCUT2D eigenvalue weighted by Gasteiger charge is -2.12. The monoisotopic (exact) mass is 502 g/mol. The maximum absolute atomic E-state index is 12.2. The smallest absolute Gasteiger partial charge is 0.262 e. The van der Waals surface area contributed by atoms with E-state index in [2.05, 4.69) is 42.2 Å². The summed E-state index contributed by atoms with van der Waals surface area (Å²) in [5.41, 5.74) is 1.16. The Hall–Kier alpha value is -1.34. The van der Waals surface area contributed by atoms with Crippen LogP contribution < -0.4 is 10.1 Å². The number of nitrogens with one attached hydrogen (secondary N) is 1. The summed E-state index contributed by atoms with van der Waals surface area (Å²) in [6, 6.07) is 10.4. The second-order valence-electron chi connectivity index (χ2n) is 5.06.